The van der Waals surface area contributed by atoms with E-state index in [2.05, 4.69) is 5.32 Å². The number of rotatable bonds is 4. The van der Waals surface area contributed by atoms with E-state index in [0.29, 0.717) is 0 Å². The first kappa shape index (κ1) is 16.0. The summed E-state index contributed by atoms with van der Waals surface area (Å²) in [6.45, 7) is 2.52. The lowest BCUT2D eigenvalue weighted by Gasteiger charge is -2.36. The first-order valence-electron chi connectivity index (χ1n) is 6.90. The van der Waals surface area contributed by atoms with Crippen LogP contribution >= 0.6 is 0 Å². The van der Waals surface area contributed by atoms with Gasteiger partial charge in [0.15, 0.2) is 0 Å². The highest BCUT2D eigenvalue weighted by Crippen LogP contribution is 2.39. The molecule has 1 unspecified atom stereocenters. The smallest absolute Gasteiger partial charge is 0.329 e. The van der Waals surface area contributed by atoms with E-state index in [4.69, 9.17) is 0 Å². The quantitative estimate of drug-likeness (QED) is 0.728. The number of hydrogen-bond acceptors (Lipinski definition) is 4. The number of sulfonamides is 1. The van der Waals surface area contributed by atoms with Crippen LogP contribution in [0.25, 0.3) is 0 Å². The Balaban J connectivity index is 1.95. The molecule has 120 valence electrons. The molecule has 0 bridgehead atoms. The van der Waals surface area contributed by atoms with Crippen molar-refractivity contribution in [2.75, 3.05) is 32.4 Å². The van der Waals surface area contributed by atoms with Gasteiger partial charge in [-0.2, -0.15) is 4.31 Å². The average molecular weight is 319 g/mol. The molecule has 0 aromatic rings. The Morgan fingerprint density at radius 1 is 1.19 bits per heavy atom. The van der Waals surface area contributed by atoms with Crippen molar-refractivity contribution in [3.8, 4) is 0 Å². The number of urea groups is 1. The maximum absolute atomic E-state index is 12.2. The molecule has 8 nitrogen and oxygen atoms in total. The minimum atomic E-state index is -3.25. The summed E-state index contributed by atoms with van der Waals surface area (Å²) in [6.07, 6.45) is 2.73. The number of amides is 2. The number of carboxylic acid groups (broad SMARTS) is 1. The van der Waals surface area contributed by atoms with E-state index in [0.717, 1.165) is 19.1 Å². The number of nitrogens with one attached hydrogen (secondary N) is 1. The Kier molecular flexibility index (Phi) is 4.16. The molecule has 1 saturated carbocycles. The summed E-state index contributed by atoms with van der Waals surface area (Å²) >= 11 is 0. The van der Waals surface area contributed by atoms with Crippen LogP contribution in [0.15, 0.2) is 0 Å². The second-order valence-electron chi connectivity index (χ2n) is 5.86. The lowest BCUT2D eigenvalue weighted by Crippen LogP contribution is -2.60. The van der Waals surface area contributed by atoms with Crippen LogP contribution in [-0.2, 0) is 14.8 Å². The fourth-order valence-electron chi connectivity index (χ4n) is 2.51. The molecule has 1 aliphatic carbocycles. The number of carbonyl (C=O) groups excluding carboxylic acids is 1. The second-order valence-corrected chi connectivity index (χ2v) is 7.84. The van der Waals surface area contributed by atoms with Crippen molar-refractivity contribution in [1.82, 2.24) is 14.5 Å². The molecule has 0 aromatic carbocycles. The summed E-state index contributed by atoms with van der Waals surface area (Å²) in [5.41, 5.74) is -1.24. The molecule has 21 heavy (non-hydrogen) atoms. The number of hydrogen-bond donors (Lipinski definition) is 2. The van der Waals surface area contributed by atoms with Gasteiger partial charge in [-0.3, -0.25) is 0 Å². The third kappa shape index (κ3) is 3.46. The zero-order chi connectivity index (χ0) is 15.8. The van der Waals surface area contributed by atoms with E-state index < -0.39 is 27.6 Å². The normalized spacial score (nSPS) is 23.4. The molecule has 2 N–H and O–H groups in total. The molecule has 2 amide bonds. The van der Waals surface area contributed by atoms with Gasteiger partial charge in [-0.05, 0) is 25.7 Å². The molecule has 0 aromatic heterocycles. The topological polar surface area (TPSA) is 107 Å². The summed E-state index contributed by atoms with van der Waals surface area (Å²) in [6, 6.07) is -0.444. The van der Waals surface area contributed by atoms with E-state index in [1.165, 1.54) is 16.1 Å². The Hall–Kier alpha value is -1.35. The summed E-state index contributed by atoms with van der Waals surface area (Å²) in [7, 11) is -3.25. The summed E-state index contributed by atoms with van der Waals surface area (Å²) in [5, 5.41) is 11.9. The third-order valence-electron chi connectivity index (χ3n) is 4.20. The van der Waals surface area contributed by atoms with E-state index in [-0.39, 0.29) is 32.1 Å². The van der Waals surface area contributed by atoms with Crippen LogP contribution in [0.3, 0.4) is 0 Å². The Bertz CT molecular complexity index is 537. The van der Waals surface area contributed by atoms with E-state index in [9.17, 15) is 23.1 Å². The van der Waals surface area contributed by atoms with Crippen molar-refractivity contribution >= 4 is 22.0 Å². The van der Waals surface area contributed by atoms with Gasteiger partial charge in [-0.15, -0.1) is 0 Å². The molecule has 1 aliphatic heterocycles. The Morgan fingerprint density at radius 2 is 1.71 bits per heavy atom. The zero-order valence-electron chi connectivity index (χ0n) is 12.2. The van der Waals surface area contributed by atoms with Crippen LogP contribution in [-0.4, -0.2) is 72.7 Å². The van der Waals surface area contributed by atoms with Gasteiger partial charge in [0.2, 0.25) is 10.0 Å². The van der Waals surface area contributed by atoms with Gasteiger partial charge in [-0.1, -0.05) is 0 Å². The number of piperazine rings is 1. The molecule has 0 spiro atoms. The predicted molar refractivity (Wildman–Crippen MR) is 75.3 cm³/mol. The zero-order valence-corrected chi connectivity index (χ0v) is 13.0. The van der Waals surface area contributed by atoms with E-state index in [1.54, 1.807) is 0 Å². The predicted octanol–water partition coefficient (Wildman–Crippen LogP) is -0.473. The fraction of sp³-hybridized carbons (Fsp3) is 0.833. The van der Waals surface area contributed by atoms with Crippen LogP contribution in [0.5, 0.6) is 0 Å². The molecular weight excluding hydrogens is 298 g/mol. The first-order valence-corrected chi connectivity index (χ1v) is 8.75. The summed E-state index contributed by atoms with van der Waals surface area (Å²) in [4.78, 5) is 25.0. The molecule has 1 atom stereocenters. The second kappa shape index (κ2) is 5.45. The van der Waals surface area contributed by atoms with Gasteiger partial charge in [0.25, 0.3) is 0 Å². The van der Waals surface area contributed by atoms with Gasteiger partial charge in [-0.25, -0.2) is 18.0 Å². The average Bonchev–Trinajstić information content (AvgIpc) is 3.22. The van der Waals surface area contributed by atoms with Crippen LogP contribution < -0.4 is 5.32 Å². The third-order valence-corrected chi connectivity index (χ3v) is 5.50. The maximum atomic E-state index is 12.2. The highest BCUT2D eigenvalue weighted by molar-refractivity contribution is 7.88. The summed E-state index contributed by atoms with van der Waals surface area (Å²) in [5.74, 6) is -1.07. The molecular formula is C12H21N3O5S. The van der Waals surface area contributed by atoms with Gasteiger partial charge in [0, 0.05) is 26.2 Å². The lowest BCUT2D eigenvalue weighted by atomic mass is 9.96. The largest absolute Gasteiger partial charge is 0.480 e. The van der Waals surface area contributed by atoms with Crippen LogP contribution in [0, 0.1) is 5.92 Å². The molecule has 2 aliphatic rings. The van der Waals surface area contributed by atoms with E-state index in [1.807, 2.05) is 0 Å². The van der Waals surface area contributed by atoms with Crippen molar-refractivity contribution in [2.45, 2.75) is 25.3 Å². The SMILES string of the molecule is CC(NC(=O)N1CCN(S(C)(=O)=O)CC1)(C(=O)O)C1CC1. The number of carboxylic acids is 1. The molecule has 1 heterocycles. The number of nitrogens with zero attached hydrogens (tertiary/aromatic N) is 2. The molecule has 9 heteroatoms. The molecule has 1 saturated heterocycles. The van der Waals surface area contributed by atoms with Crippen molar-refractivity contribution in [3.05, 3.63) is 0 Å². The van der Waals surface area contributed by atoms with Crippen molar-refractivity contribution in [3.63, 3.8) is 0 Å². The number of carbonyl (C=O) groups is 2. The standard InChI is InChI=1S/C12H21N3O5S/c1-12(10(16)17,9-3-4-9)13-11(18)14-5-7-15(8-6-14)21(2,19)20/h9H,3-8H2,1-2H3,(H,13,18)(H,16,17). The molecule has 2 fully saturated rings. The van der Waals surface area contributed by atoms with Crippen LogP contribution in [0.2, 0.25) is 0 Å². The Labute approximate surface area is 124 Å². The van der Waals surface area contributed by atoms with Gasteiger partial charge < -0.3 is 15.3 Å². The van der Waals surface area contributed by atoms with Gasteiger partial charge in [0.05, 0.1) is 6.26 Å². The molecule has 0 radical (unpaired) electrons. The van der Waals surface area contributed by atoms with E-state index >= 15 is 0 Å². The lowest BCUT2D eigenvalue weighted by molar-refractivity contribution is -0.144. The summed E-state index contributed by atoms with van der Waals surface area (Å²) < 4.78 is 24.1. The van der Waals surface area contributed by atoms with Crippen LogP contribution in [0.4, 0.5) is 4.79 Å². The van der Waals surface area contributed by atoms with Crippen LogP contribution in [0.1, 0.15) is 19.8 Å². The van der Waals surface area contributed by atoms with Gasteiger partial charge >= 0.3 is 12.0 Å². The van der Waals surface area contributed by atoms with Crippen molar-refractivity contribution < 1.29 is 23.1 Å². The maximum Gasteiger partial charge on any atom is 0.329 e. The molecule has 2 rings (SSSR count). The van der Waals surface area contributed by atoms with Gasteiger partial charge in [0.1, 0.15) is 5.54 Å². The minimum absolute atomic E-state index is 0.0312. The highest BCUT2D eigenvalue weighted by Gasteiger charge is 2.49. The number of aliphatic carboxylic acids is 1. The van der Waals surface area contributed by atoms with Crippen molar-refractivity contribution in [2.24, 2.45) is 5.92 Å². The minimum Gasteiger partial charge on any atom is -0.480 e. The monoisotopic (exact) mass is 319 g/mol. The Morgan fingerprint density at radius 3 is 2.10 bits per heavy atom. The highest BCUT2D eigenvalue weighted by atomic mass is 32.2. The first-order chi connectivity index (χ1) is 9.64. The van der Waals surface area contributed by atoms with Crippen molar-refractivity contribution in [1.29, 1.82) is 0 Å². The fourth-order valence-corrected chi connectivity index (χ4v) is 3.34.